The van der Waals surface area contributed by atoms with Gasteiger partial charge in [0.1, 0.15) is 11.6 Å². The molecule has 0 spiro atoms. The van der Waals surface area contributed by atoms with Gasteiger partial charge in [-0.15, -0.1) is 0 Å². The summed E-state index contributed by atoms with van der Waals surface area (Å²) in [4.78, 5) is 0. The van der Waals surface area contributed by atoms with E-state index in [1.807, 2.05) is 6.92 Å². The average Bonchev–Trinajstić information content (AvgIpc) is 2.83. The van der Waals surface area contributed by atoms with E-state index in [1.54, 1.807) is 12.4 Å². The van der Waals surface area contributed by atoms with E-state index in [9.17, 15) is 8.78 Å². The minimum atomic E-state index is -0.451. The fourth-order valence-corrected chi connectivity index (χ4v) is 1.77. The molecule has 0 fully saturated rings. The van der Waals surface area contributed by atoms with Crippen LogP contribution in [-0.4, -0.2) is 16.7 Å². The van der Waals surface area contributed by atoms with Crippen LogP contribution in [0.5, 0.6) is 0 Å². The highest BCUT2D eigenvalue weighted by molar-refractivity contribution is 5.30. The molecule has 0 saturated heterocycles. The molecule has 2 aromatic rings. The van der Waals surface area contributed by atoms with Crippen molar-refractivity contribution >= 4 is 0 Å². The second-order valence-corrected chi connectivity index (χ2v) is 3.69. The minimum absolute atomic E-state index is 0.285. The van der Waals surface area contributed by atoms with Crippen molar-refractivity contribution in [2.45, 2.75) is 13.0 Å². The van der Waals surface area contributed by atoms with E-state index in [0.717, 1.165) is 17.7 Å². The second kappa shape index (κ2) is 5.05. The highest BCUT2D eigenvalue weighted by Crippen LogP contribution is 2.24. The second-order valence-electron chi connectivity index (χ2n) is 3.69. The zero-order chi connectivity index (χ0) is 12.3. The summed E-state index contributed by atoms with van der Waals surface area (Å²) in [5.74, 6) is -0.883. The molecule has 0 aliphatic heterocycles. The quantitative estimate of drug-likeness (QED) is 0.857. The summed E-state index contributed by atoms with van der Waals surface area (Å²) in [5, 5.41) is 9.59. The molecule has 90 valence electrons. The largest absolute Gasteiger partial charge is 0.306 e. The predicted octanol–water partition coefficient (Wildman–Crippen LogP) is 2.39. The molecule has 0 aliphatic rings. The third kappa shape index (κ3) is 2.50. The van der Waals surface area contributed by atoms with Gasteiger partial charge in [0.2, 0.25) is 0 Å². The van der Waals surface area contributed by atoms with Gasteiger partial charge in [-0.2, -0.15) is 5.10 Å². The van der Waals surface area contributed by atoms with Crippen LogP contribution in [0.25, 0.3) is 0 Å². The van der Waals surface area contributed by atoms with Crippen molar-refractivity contribution in [1.29, 1.82) is 0 Å². The van der Waals surface area contributed by atoms with E-state index in [1.165, 1.54) is 6.07 Å². The summed E-state index contributed by atoms with van der Waals surface area (Å²) in [6, 6.07) is 3.05. The number of halogens is 2. The average molecular weight is 237 g/mol. The first-order valence-corrected chi connectivity index (χ1v) is 5.39. The SMILES string of the molecule is CCNC(c1cn[nH]c1)c1cc(F)ccc1F. The van der Waals surface area contributed by atoms with E-state index in [-0.39, 0.29) is 5.56 Å². The maximum atomic E-state index is 13.7. The van der Waals surface area contributed by atoms with Gasteiger partial charge in [-0.1, -0.05) is 6.92 Å². The van der Waals surface area contributed by atoms with Gasteiger partial charge in [0.15, 0.2) is 0 Å². The van der Waals surface area contributed by atoms with E-state index in [0.29, 0.717) is 6.54 Å². The zero-order valence-electron chi connectivity index (χ0n) is 9.37. The third-order valence-electron chi connectivity index (χ3n) is 2.53. The summed E-state index contributed by atoms with van der Waals surface area (Å²) in [5.41, 5.74) is 1.06. The predicted molar refractivity (Wildman–Crippen MR) is 60.5 cm³/mol. The van der Waals surface area contributed by atoms with Gasteiger partial charge in [-0.25, -0.2) is 8.78 Å². The number of benzene rings is 1. The lowest BCUT2D eigenvalue weighted by Gasteiger charge is -2.17. The Morgan fingerprint density at radius 1 is 1.41 bits per heavy atom. The molecular weight excluding hydrogens is 224 g/mol. The summed E-state index contributed by atoms with van der Waals surface area (Å²) < 4.78 is 26.9. The van der Waals surface area contributed by atoms with E-state index in [4.69, 9.17) is 0 Å². The number of aromatic amines is 1. The van der Waals surface area contributed by atoms with Crippen LogP contribution in [0.3, 0.4) is 0 Å². The molecule has 3 nitrogen and oxygen atoms in total. The minimum Gasteiger partial charge on any atom is -0.306 e. The molecule has 0 amide bonds. The topological polar surface area (TPSA) is 40.7 Å². The summed E-state index contributed by atoms with van der Waals surface area (Å²) >= 11 is 0. The molecule has 5 heteroatoms. The molecule has 0 bridgehead atoms. The Balaban J connectivity index is 2.42. The maximum absolute atomic E-state index is 13.7. The molecule has 1 heterocycles. The highest BCUT2D eigenvalue weighted by Gasteiger charge is 2.18. The Hall–Kier alpha value is -1.75. The molecule has 1 atom stereocenters. The molecule has 0 aliphatic carbocycles. The Bertz CT molecular complexity index is 483. The summed E-state index contributed by atoms with van der Waals surface area (Å²) in [6.45, 7) is 2.55. The number of rotatable bonds is 4. The Morgan fingerprint density at radius 3 is 2.88 bits per heavy atom. The van der Waals surface area contributed by atoms with Crippen molar-refractivity contribution in [2.24, 2.45) is 0 Å². The number of nitrogens with one attached hydrogen (secondary N) is 2. The summed E-state index contributed by atoms with van der Waals surface area (Å²) in [7, 11) is 0. The van der Waals surface area contributed by atoms with Crippen LogP contribution in [0.1, 0.15) is 24.1 Å². The number of nitrogens with zero attached hydrogens (tertiary/aromatic N) is 1. The monoisotopic (exact) mass is 237 g/mol. The molecular formula is C12H13F2N3. The van der Waals surface area contributed by atoms with Crippen molar-refractivity contribution in [3.05, 3.63) is 53.4 Å². The fourth-order valence-electron chi connectivity index (χ4n) is 1.77. The molecule has 1 aromatic carbocycles. The standard InChI is InChI=1S/C12H13F2N3/c1-2-15-12(8-6-16-17-7-8)10-5-9(13)3-4-11(10)14/h3-7,12,15H,2H2,1H3,(H,16,17). The smallest absolute Gasteiger partial charge is 0.128 e. The normalized spacial score (nSPS) is 12.6. The van der Waals surface area contributed by atoms with E-state index >= 15 is 0 Å². The molecule has 0 radical (unpaired) electrons. The van der Waals surface area contributed by atoms with E-state index in [2.05, 4.69) is 15.5 Å². The first-order valence-electron chi connectivity index (χ1n) is 5.39. The van der Waals surface area contributed by atoms with Gasteiger partial charge in [0.05, 0.1) is 12.2 Å². The highest BCUT2D eigenvalue weighted by atomic mass is 19.1. The summed E-state index contributed by atoms with van der Waals surface area (Å²) in [6.07, 6.45) is 3.26. The maximum Gasteiger partial charge on any atom is 0.128 e. The van der Waals surface area contributed by atoms with Gasteiger partial charge in [-0.05, 0) is 24.7 Å². The lowest BCUT2D eigenvalue weighted by atomic mass is 10.0. The van der Waals surface area contributed by atoms with Crippen LogP contribution in [0.4, 0.5) is 8.78 Å². The first-order chi connectivity index (χ1) is 8.22. The van der Waals surface area contributed by atoms with Crippen LogP contribution in [-0.2, 0) is 0 Å². The van der Waals surface area contributed by atoms with Crippen LogP contribution in [0, 0.1) is 11.6 Å². The molecule has 2 N–H and O–H groups in total. The van der Waals surface area contributed by atoms with Crippen molar-refractivity contribution in [1.82, 2.24) is 15.5 Å². The Labute approximate surface area is 97.9 Å². The number of hydrogen-bond donors (Lipinski definition) is 2. The number of hydrogen-bond acceptors (Lipinski definition) is 2. The van der Waals surface area contributed by atoms with Crippen molar-refractivity contribution in [3.63, 3.8) is 0 Å². The molecule has 1 unspecified atom stereocenters. The number of aromatic nitrogens is 2. The van der Waals surface area contributed by atoms with Crippen LogP contribution >= 0.6 is 0 Å². The van der Waals surface area contributed by atoms with Crippen molar-refractivity contribution in [3.8, 4) is 0 Å². The van der Waals surface area contributed by atoms with Gasteiger partial charge >= 0.3 is 0 Å². The molecule has 1 aromatic heterocycles. The van der Waals surface area contributed by atoms with E-state index < -0.39 is 17.7 Å². The van der Waals surface area contributed by atoms with Crippen LogP contribution in [0.15, 0.2) is 30.6 Å². The van der Waals surface area contributed by atoms with Crippen molar-refractivity contribution in [2.75, 3.05) is 6.54 Å². The van der Waals surface area contributed by atoms with Crippen LogP contribution < -0.4 is 5.32 Å². The van der Waals surface area contributed by atoms with Gasteiger partial charge in [0, 0.05) is 17.3 Å². The van der Waals surface area contributed by atoms with Crippen molar-refractivity contribution < 1.29 is 8.78 Å². The third-order valence-corrected chi connectivity index (χ3v) is 2.53. The molecule has 2 rings (SSSR count). The lowest BCUT2D eigenvalue weighted by Crippen LogP contribution is -2.22. The van der Waals surface area contributed by atoms with Gasteiger partial charge in [0.25, 0.3) is 0 Å². The Morgan fingerprint density at radius 2 is 2.24 bits per heavy atom. The van der Waals surface area contributed by atoms with Crippen LogP contribution in [0.2, 0.25) is 0 Å². The molecule has 17 heavy (non-hydrogen) atoms. The van der Waals surface area contributed by atoms with Gasteiger partial charge < -0.3 is 5.32 Å². The fraction of sp³-hybridized carbons (Fsp3) is 0.250. The number of H-pyrrole nitrogens is 1. The Kier molecular flexibility index (Phi) is 3.49. The van der Waals surface area contributed by atoms with Gasteiger partial charge in [-0.3, -0.25) is 5.10 Å². The molecule has 0 saturated carbocycles. The zero-order valence-corrected chi connectivity index (χ0v) is 9.37. The lowest BCUT2D eigenvalue weighted by molar-refractivity contribution is 0.545. The first kappa shape index (κ1) is 11.7.